The summed E-state index contributed by atoms with van der Waals surface area (Å²) < 4.78 is 10.8. The van der Waals surface area contributed by atoms with Gasteiger partial charge in [0.05, 0.1) is 37.9 Å². The number of hydrogen-bond acceptors (Lipinski definition) is 4. The quantitative estimate of drug-likeness (QED) is 0.656. The molecule has 160 valence electrons. The molecular formula is C24H31N2O4+. The maximum atomic E-state index is 13.4. The number of likely N-dealkylation sites (tertiary alicyclic amines) is 1. The van der Waals surface area contributed by atoms with E-state index in [0.29, 0.717) is 24.7 Å². The summed E-state index contributed by atoms with van der Waals surface area (Å²) in [5, 5.41) is 3.07. The first-order valence-electron chi connectivity index (χ1n) is 10.7. The summed E-state index contributed by atoms with van der Waals surface area (Å²) in [4.78, 5) is 26.7. The summed E-state index contributed by atoms with van der Waals surface area (Å²) in [6.45, 7) is 6.16. The summed E-state index contributed by atoms with van der Waals surface area (Å²) in [7, 11) is 0. The Morgan fingerprint density at radius 1 is 1.00 bits per heavy atom. The van der Waals surface area contributed by atoms with Crippen molar-refractivity contribution in [3.05, 3.63) is 60.2 Å². The first-order chi connectivity index (χ1) is 14.6. The normalized spacial score (nSPS) is 19.5. The lowest BCUT2D eigenvalue weighted by atomic mass is 9.94. The Labute approximate surface area is 178 Å². The number of quaternary nitrogens is 1. The third-order valence-electron chi connectivity index (χ3n) is 5.50. The molecule has 0 saturated carbocycles. The van der Waals surface area contributed by atoms with E-state index in [1.807, 2.05) is 68.4 Å². The number of para-hydroxylation sites is 2. The molecule has 0 aliphatic carbocycles. The van der Waals surface area contributed by atoms with E-state index in [1.54, 1.807) is 0 Å². The summed E-state index contributed by atoms with van der Waals surface area (Å²) in [6.07, 6.45) is 1.45. The van der Waals surface area contributed by atoms with Gasteiger partial charge >= 0.3 is 5.97 Å². The summed E-state index contributed by atoms with van der Waals surface area (Å²) in [5.41, 5.74) is 1.64. The molecule has 1 heterocycles. The Morgan fingerprint density at radius 2 is 1.67 bits per heavy atom. The minimum Gasteiger partial charge on any atom is -0.492 e. The SMILES string of the molecule is CCOC(=O)C1CC[NH+]([C@@H](C(=O)Nc2ccccc2OCC)c2ccccc2)CC1. The Balaban J connectivity index is 1.77. The fraction of sp³-hybridized carbons (Fsp3) is 0.417. The monoisotopic (exact) mass is 411 g/mol. The second kappa shape index (κ2) is 10.8. The zero-order valence-electron chi connectivity index (χ0n) is 17.7. The minimum absolute atomic E-state index is 0.0714. The van der Waals surface area contributed by atoms with E-state index in [0.717, 1.165) is 36.4 Å². The average Bonchev–Trinajstić information content (AvgIpc) is 2.77. The van der Waals surface area contributed by atoms with Crippen molar-refractivity contribution in [2.45, 2.75) is 32.7 Å². The lowest BCUT2D eigenvalue weighted by Crippen LogP contribution is -3.14. The van der Waals surface area contributed by atoms with Gasteiger partial charge in [0.25, 0.3) is 5.91 Å². The van der Waals surface area contributed by atoms with Crippen molar-refractivity contribution in [1.82, 2.24) is 0 Å². The predicted octanol–water partition coefficient (Wildman–Crippen LogP) is 2.62. The molecule has 2 N–H and O–H groups in total. The first kappa shape index (κ1) is 21.8. The maximum absolute atomic E-state index is 13.4. The number of ether oxygens (including phenoxy) is 2. The van der Waals surface area contributed by atoms with Crippen molar-refractivity contribution >= 4 is 17.6 Å². The molecule has 2 aromatic carbocycles. The van der Waals surface area contributed by atoms with Gasteiger partial charge in [-0.05, 0) is 26.0 Å². The van der Waals surface area contributed by atoms with E-state index < -0.39 is 0 Å². The lowest BCUT2D eigenvalue weighted by molar-refractivity contribution is -0.927. The van der Waals surface area contributed by atoms with Crippen molar-refractivity contribution in [1.29, 1.82) is 0 Å². The summed E-state index contributed by atoms with van der Waals surface area (Å²) in [5.74, 6) is 0.392. The van der Waals surface area contributed by atoms with Gasteiger partial charge in [0, 0.05) is 18.4 Å². The van der Waals surface area contributed by atoms with Crippen LogP contribution in [0.15, 0.2) is 54.6 Å². The average molecular weight is 412 g/mol. The summed E-state index contributed by atoms with van der Waals surface area (Å²) in [6, 6.07) is 17.0. The molecule has 1 aliphatic rings. The molecule has 6 heteroatoms. The largest absolute Gasteiger partial charge is 0.492 e. The van der Waals surface area contributed by atoms with E-state index in [1.165, 1.54) is 0 Å². The Morgan fingerprint density at radius 3 is 2.33 bits per heavy atom. The second-order valence-electron chi connectivity index (χ2n) is 7.45. The van der Waals surface area contributed by atoms with Crippen molar-refractivity contribution < 1.29 is 24.0 Å². The van der Waals surface area contributed by atoms with Gasteiger partial charge in [-0.15, -0.1) is 0 Å². The number of amides is 1. The molecule has 0 unspecified atom stereocenters. The van der Waals surface area contributed by atoms with Gasteiger partial charge in [-0.1, -0.05) is 42.5 Å². The van der Waals surface area contributed by atoms with Crippen LogP contribution < -0.4 is 15.0 Å². The van der Waals surface area contributed by atoms with Crippen LogP contribution in [-0.4, -0.2) is 38.2 Å². The number of benzene rings is 2. The van der Waals surface area contributed by atoms with Crippen molar-refractivity contribution in [3.63, 3.8) is 0 Å². The van der Waals surface area contributed by atoms with Crippen molar-refractivity contribution in [3.8, 4) is 5.75 Å². The fourth-order valence-corrected chi connectivity index (χ4v) is 4.05. The molecule has 1 saturated heterocycles. The van der Waals surface area contributed by atoms with Crippen LogP contribution in [0.1, 0.15) is 38.3 Å². The van der Waals surface area contributed by atoms with Gasteiger partial charge < -0.3 is 19.7 Å². The van der Waals surface area contributed by atoms with Gasteiger partial charge in [0.1, 0.15) is 5.75 Å². The Kier molecular flexibility index (Phi) is 7.85. The number of esters is 1. The zero-order valence-corrected chi connectivity index (χ0v) is 17.7. The number of rotatable bonds is 8. The Hall–Kier alpha value is -2.86. The molecule has 0 aromatic heterocycles. The standard InChI is InChI=1S/C24H30N2O4/c1-3-29-21-13-9-8-12-20(21)25-23(27)22(18-10-6-5-7-11-18)26-16-14-19(15-17-26)24(28)30-4-2/h5-13,19,22H,3-4,14-17H2,1-2H3,(H,25,27)/p+1/t22-/m1/s1. The molecule has 1 atom stereocenters. The highest BCUT2D eigenvalue weighted by Crippen LogP contribution is 2.25. The first-order valence-corrected chi connectivity index (χ1v) is 10.7. The molecule has 30 heavy (non-hydrogen) atoms. The third-order valence-corrected chi connectivity index (χ3v) is 5.50. The number of piperidine rings is 1. The molecule has 0 bridgehead atoms. The molecule has 1 amide bonds. The molecule has 0 radical (unpaired) electrons. The van der Waals surface area contributed by atoms with E-state index in [-0.39, 0.29) is 23.8 Å². The van der Waals surface area contributed by atoms with E-state index in [9.17, 15) is 9.59 Å². The molecule has 3 rings (SSSR count). The number of nitrogens with one attached hydrogen (secondary N) is 2. The second-order valence-corrected chi connectivity index (χ2v) is 7.45. The van der Waals surface area contributed by atoms with Crippen LogP contribution in [0.4, 0.5) is 5.69 Å². The molecular weight excluding hydrogens is 380 g/mol. The van der Waals surface area contributed by atoms with E-state index in [2.05, 4.69) is 5.32 Å². The number of carbonyl (C=O) groups is 2. The van der Waals surface area contributed by atoms with Gasteiger partial charge in [-0.25, -0.2) is 0 Å². The van der Waals surface area contributed by atoms with Gasteiger partial charge in [0.15, 0.2) is 6.04 Å². The minimum atomic E-state index is -0.357. The molecule has 2 aromatic rings. The molecule has 6 nitrogen and oxygen atoms in total. The highest BCUT2D eigenvalue weighted by Gasteiger charge is 2.37. The van der Waals surface area contributed by atoms with E-state index in [4.69, 9.17) is 9.47 Å². The van der Waals surface area contributed by atoms with Crippen LogP contribution in [0.5, 0.6) is 5.75 Å². The highest BCUT2D eigenvalue weighted by molar-refractivity contribution is 5.95. The van der Waals surface area contributed by atoms with Gasteiger partial charge in [0.2, 0.25) is 0 Å². The smallest absolute Gasteiger partial charge is 0.309 e. The third kappa shape index (κ3) is 5.39. The fourth-order valence-electron chi connectivity index (χ4n) is 4.05. The number of anilines is 1. The predicted molar refractivity (Wildman–Crippen MR) is 115 cm³/mol. The number of carbonyl (C=O) groups excluding carboxylic acids is 2. The number of hydrogen-bond donors (Lipinski definition) is 2. The molecule has 1 aliphatic heterocycles. The Bertz CT molecular complexity index is 832. The van der Waals surface area contributed by atoms with Crippen LogP contribution in [-0.2, 0) is 14.3 Å². The molecule has 0 spiro atoms. The lowest BCUT2D eigenvalue weighted by Gasteiger charge is -2.33. The van der Waals surface area contributed by atoms with Gasteiger partial charge in [-0.3, -0.25) is 9.59 Å². The van der Waals surface area contributed by atoms with Crippen LogP contribution >= 0.6 is 0 Å². The zero-order chi connectivity index (χ0) is 21.3. The molecule has 1 fully saturated rings. The summed E-state index contributed by atoms with van der Waals surface area (Å²) >= 11 is 0. The van der Waals surface area contributed by atoms with Crippen molar-refractivity contribution in [2.75, 3.05) is 31.6 Å². The van der Waals surface area contributed by atoms with Gasteiger partial charge in [-0.2, -0.15) is 0 Å². The van der Waals surface area contributed by atoms with E-state index >= 15 is 0 Å². The van der Waals surface area contributed by atoms with Crippen LogP contribution in [0.3, 0.4) is 0 Å². The van der Waals surface area contributed by atoms with Crippen molar-refractivity contribution in [2.24, 2.45) is 5.92 Å². The van der Waals surface area contributed by atoms with Crippen LogP contribution in [0.2, 0.25) is 0 Å². The van der Waals surface area contributed by atoms with Crippen LogP contribution in [0, 0.1) is 5.92 Å². The highest BCUT2D eigenvalue weighted by atomic mass is 16.5. The maximum Gasteiger partial charge on any atom is 0.309 e. The van der Waals surface area contributed by atoms with Crippen LogP contribution in [0.25, 0.3) is 0 Å². The topological polar surface area (TPSA) is 69.1 Å².